The van der Waals surface area contributed by atoms with E-state index in [-0.39, 0.29) is 12.1 Å². The van der Waals surface area contributed by atoms with Crippen LogP contribution >= 0.6 is 11.3 Å². The van der Waals surface area contributed by atoms with Crippen LogP contribution in [0.4, 0.5) is 0 Å². The molecule has 0 saturated carbocycles. The minimum Gasteiger partial charge on any atom is -0.394 e. The molecule has 2 N–H and O–H groups in total. The SMILES string of the molecule is CCCNC(C)(CO)CCCn1ccnc1-c1cccs1. The lowest BCUT2D eigenvalue weighted by Crippen LogP contribution is -2.46. The third-order valence-electron chi connectivity index (χ3n) is 3.74. The van der Waals surface area contributed by atoms with E-state index in [2.05, 4.69) is 46.2 Å². The van der Waals surface area contributed by atoms with Crippen molar-refractivity contribution in [2.75, 3.05) is 13.2 Å². The molecule has 2 heterocycles. The van der Waals surface area contributed by atoms with E-state index in [1.165, 1.54) is 4.88 Å². The number of nitrogens with one attached hydrogen (secondary N) is 1. The fourth-order valence-electron chi connectivity index (χ4n) is 2.41. The second-order valence-corrected chi connectivity index (χ2v) is 6.62. The first-order valence-corrected chi connectivity index (χ1v) is 8.47. The highest BCUT2D eigenvalue weighted by atomic mass is 32.1. The second kappa shape index (κ2) is 7.73. The molecule has 0 aliphatic carbocycles. The number of aliphatic hydroxyl groups excluding tert-OH is 1. The van der Waals surface area contributed by atoms with Gasteiger partial charge in [0, 0.05) is 24.5 Å². The van der Waals surface area contributed by atoms with Crippen LogP contribution in [0.2, 0.25) is 0 Å². The van der Waals surface area contributed by atoms with Gasteiger partial charge in [-0.15, -0.1) is 11.3 Å². The highest BCUT2D eigenvalue weighted by molar-refractivity contribution is 7.13. The molecule has 2 aromatic heterocycles. The number of hydrogen-bond acceptors (Lipinski definition) is 4. The first kappa shape index (κ1) is 16.2. The maximum absolute atomic E-state index is 9.59. The molecule has 0 saturated heterocycles. The van der Waals surface area contributed by atoms with Gasteiger partial charge in [0.1, 0.15) is 5.82 Å². The van der Waals surface area contributed by atoms with Crippen molar-refractivity contribution in [1.82, 2.24) is 14.9 Å². The number of aromatic nitrogens is 2. The topological polar surface area (TPSA) is 50.1 Å². The third kappa shape index (κ3) is 4.40. The van der Waals surface area contributed by atoms with Crippen molar-refractivity contribution < 1.29 is 5.11 Å². The summed E-state index contributed by atoms with van der Waals surface area (Å²) < 4.78 is 2.20. The van der Waals surface area contributed by atoms with Gasteiger partial charge in [-0.05, 0) is 44.2 Å². The molecule has 0 amide bonds. The normalized spacial score (nSPS) is 14.2. The Morgan fingerprint density at radius 2 is 2.33 bits per heavy atom. The molecule has 1 unspecified atom stereocenters. The van der Waals surface area contributed by atoms with Crippen LogP contribution in [0.15, 0.2) is 29.9 Å². The summed E-state index contributed by atoms with van der Waals surface area (Å²) in [6.07, 6.45) is 6.94. The van der Waals surface area contributed by atoms with Crippen molar-refractivity contribution in [2.24, 2.45) is 0 Å². The molecule has 1 atom stereocenters. The fraction of sp³-hybridized carbons (Fsp3) is 0.562. The van der Waals surface area contributed by atoms with Crippen LogP contribution in [0, 0.1) is 0 Å². The Hall–Kier alpha value is -1.17. The van der Waals surface area contributed by atoms with Crippen LogP contribution in [0.1, 0.15) is 33.1 Å². The maximum atomic E-state index is 9.59. The van der Waals surface area contributed by atoms with Crippen LogP contribution < -0.4 is 5.32 Å². The van der Waals surface area contributed by atoms with Gasteiger partial charge in [-0.1, -0.05) is 13.0 Å². The number of nitrogens with zero attached hydrogens (tertiary/aromatic N) is 2. The molecular weight excluding hydrogens is 282 g/mol. The van der Waals surface area contributed by atoms with E-state index in [0.717, 1.165) is 38.2 Å². The largest absolute Gasteiger partial charge is 0.394 e. The number of rotatable bonds is 9. The monoisotopic (exact) mass is 307 g/mol. The van der Waals surface area contributed by atoms with Crippen molar-refractivity contribution in [3.05, 3.63) is 29.9 Å². The minimum absolute atomic E-state index is 0.175. The maximum Gasteiger partial charge on any atom is 0.149 e. The van der Waals surface area contributed by atoms with Crippen molar-refractivity contribution in [3.8, 4) is 10.7 Å². The fourth-order valence-corrected chi connectivity index (χ4v) is 3.15. The Labute approximate surface area is 130 Å². The molecule has 2 rings (SSSR count). The van der Waals surface area contributed by atoms with E-state index in [9.17, 15) is 5.11 Å². The molecule has 0 aliphatic heterocycles. The Morgan fingerprint density at radius 1 is 1.48 bits per heavy atom. The summed E-state index contributed by atoms with van der Waals surface area (Å²) in [6.45, 7) is 6.29. The van der Waals surface area contributed by atoms with Crippen LogP contribution in [0.25, 0.3) is 10.7 Å². The first-order valence-electron chi connectivity index (χ1n) is 7.59. The lowest BCUT2D eigenvalue weighted by atomic mass is 9.96. The number of imidazole rings is 1. The highest BCUT2D eigenvalue weighted by Gasteiger charge is 2.21. The molecule has 21 heavy (non-hydrogen) atoms. The van der Waals surface area contributed by atoms with Crippen molar-refractivity contribution >= 4 is 11.3 Å². The summed E-state index contributed by atoms with van der Waals surface area (Å²) in [5.41, 5.74) is -0.181. The second-order valence-electron chi connectivity index (χ2n) is 5.67. The summed E-state index contributed by atoms with van der Waals surface area (Å²) >= 11 is 1.71. The Morgan fingerprint density at radius 3 is 3.00 bits per heavy atom. The number of aryl methyl sites for hydroxylation is 1. The third-order valence-corrected chi connectivity index (χ3v) is 4.60. The van der Waals surface area contributed by atoms with Gasteiger partial charge in [0.2, 0.25) is 0 Å². The number of hydrogen-bond donors (Lipinski definition) is 2. The number of aliphatic hydroxyl groups is 1. The predicted octanol–water partition coefficient (Wildman–Crippen LogP) is 3.14. The quantitative estimate of drug-likeness (QED) is 0.748. The van der Waals surface area contributed by atoms with Gasteiger partial charge in [0.25, 0.3) is 0 Å². The van der Waals surface area contributed by atoms with E-state index in [4.69, 9.17) is 0 Å². The van der Waals surface area contributed by atoms with Gasteiger partial charge in [-0.25, -0.2) is 4.98 Å². The van der Waals surface area contributed by atoms with E-state index in [1.54, 1.807) is 11.3 Å². The lowest BCUT2D eigenvalue weighted by Gasteiger charge is -2.29. The Balaban J connectivity index is 1.90. The molecule has 2 aromatic rings. The highest BCUT2D eigenvalue weighted by Crippen LogP contribution is 2.23. The summed E-state index contributed by atoms with van der Waals surface area (Å²) in [4.78, 5) is 5.65. The molecule has 0 aromatic carbocycles. The van der Waals surface area contributed by atoms with Gasteiger partial charge in [-0.3, -0.25) is 0 Å². The molecule has 0 spiro atoms. The molecule has 0 bridgehead atoms. The van der Waals surface area contributed by atoms with Crippen LogP contribution in [-0.2, 0) is 6.54 Å². The van der Waals surface area contributed by atoms with Gasteiger partial charge >= 0.3 is 0 Å². The minimum atomic E-state index is -0.181. The molecule has 116 valence electrons. The van der Waals surface area contributed by atoms with E-state index in [0.29, 0.717) is 0 Å². The van der Waals surface area contributed by atoms with E-state index in [1.807, 2.05) is 12.4 Å². The van der Waals surface area contributed by atoms with Gasteiger partial charge in [0.05, 0.1) is 11.5 Å². The van der Waals surface area contributed by atoms with Crippen LogP contribution in [0.3, 0.4) is 0 Å². The zero-order valence-corrected chi connectivity index (χ0v) is 13.7. The molecule has 0 fully saturated rings. The Kier molecular flexibility index (Phi) is 5.96. The average molecular weight is 307 g/mol. The molecular formula is C16H25N3OS. The lowest BCUT2D eigenvalue weighted by molar-refractivity contribution is 0.162. The predicted molar refractivity (Wildman–Crippen MR) is 88.6 cm³/mol. The van der Waals surface area contributed by atoms with Crippen molar-refractivity contribution in [1.29, 1.82) is 0 Å². The summed E-state index contributed by atoms with van der Waals surface area (Å²) in [7, 11) is 0. The standard InChI is InChI=1S/C16H25N3OS/c1-3-8-18-16(2,13-20)7-5-10-19-11-9-17-15(19)14-6-4-12-21-14/h4,6,9,11-12,18,20H,3,5,7-8,10,13H2,1-2H3. The number of thiophene rings is 1. The van der Waals surface area contributed by atoms with Crippen LogP contribution in [-0.4, -0.2) is 33.3 Å². The van der Waals surface area contributed by atoms with E-state index < -0.39 is 0 Å². The van der Waals surface area contributed by atoms with Gasteiger partial charge in [0.15, 0.2) is 0 Å². The van der Waals surface area contributed by atoms with Gasteiger partial charge in [-0.2, -0.15) is 0 Å². The van der Waals surface area contributed by atoms with Crippen LogP contribution in [0.5, 0.6) is 0 Å². The molecule has 4 nitrogen and oxygen atoms in total. The zero-order valence-electron chi connectivity index (χ0n) is 12.9. The van der Waals surface area contributed by atoms with Crippen molar-refractivity contribution in [3.63, 3.8) is 0 Å². The van der Waals surface area contributed by atoms with Gasteiger partial charge < -0.3 is 15.0 Å². The Bertz CT molecular complexity index is 523. The molecule has 5 heteroatoms. The van der Waals surface area contributed by atoms with E-state index >= 15 is 0 Å². The molecule has 0 aliphatic rings. The smallest absolute Gasteiger partial charge is 0.149 e. The average Bonchev–Trinajstić information content (AvgIpc) is 3.15. The molecule has 0 radical (unpaired) electrons. The zero-order chi connectivity index (χ0) is 15.1. The summed E-state index contributed by atoms with van der Waals surface area (Å²) in [5.74, 6) is 1.04. The first-order chi connectivity index (χ1) is 10.2. The van der Waals surface area contributed by atoms with Crippen molar-refractivity contribution in [2.45, 2.75) is 45.2 Å². The summed E-state index contributed by atoms with van der Waals surface area (Å²) in [5, 5.41) is 15.1. The summed E-state index contributed by atoms with van der Waals surface area (Å²) in [6, 6.07) is 4.15.